The third kappa shape index (κ3) is 8.41. The van der Waals surface area contributed by atoms with E-state index in [1.807, 2.05) is 13.8 Å². The summed E-state index contributed by atoms with van der Waals surface area (Å²) in [6.07, 6.45) is 1.72. The molecule has 2 atom stereocenters. The number of carbonyl (C=O) groups is 1. The van der Waals surface area contributed by atoms with Crippen molar-refractivity contribution >= 4 is 27.3 Å². The number of aromatic nitrogens is 1. The van der Waals surface area contributed by atoms with E-state index in [0.717, 1.165) is 6.07 Å². The average molecular weight is 755 g/mol. The molecule has 3 aromatic carbocycles. The lowest BCUT2D eigenvalue weighted by Gasteiger charge is -2.28. The van der Waals surface area contributed by atoms with Crippen LogP contribution in [0.3, 0.4) is 0 Å². The molecule has 1 amide bonds. The third-order valence-corrected chi connectivity index (χ3v) is 11.1. The number of carbonyl (C=O) groups excluding carboxylic acids is 1. The molecule has 0 saturated carbocycles. The Morgan fingerprint density at radius 3 is 2.00 bits per heavy atom. The van der Waals surface area contributed by atoms with Gasteiger partial charge in [0, 0.05) is 60.8 Å². The van der Waals surface area contributed by atoms with Crippen molar-refractivity contribution in [2.45, 2.75) is 44.4 Å². The van der Waals surface area contributed by atoms with Gasteiger partial charge in [-0.05, 0) is 48.6 Å². The summed E-state index contributed by atoms with van der Waals surface area (Å²) in [5.41, 5.74) is 1.54. The first-order valence-electron chi connectivity index (χ1n) is 16.8. The van der Waals surface area contributed by atoms with Crippen LogP contribution in [0, 0.1) is 23.5 Å². The number of ether oxygens (including phenoxy) is 5. The maximum Gasteiger partial charge on any atom is 0.261 e. The number of pyridine rings is 1. The Labute approximate surface area is 308 Å². The molecule has 0 bridgehead atoms. The number of amides is 1. The highest BCUT2D eigenvalue weighted by molar-refractivity contribution is 7.89. The number of nitrogens with zero attached hydrogens (tertiary/aromatic N) is 3. The summed E-state index contributed by atoms with van der Waals surface area (Å²) in [5, 5.41) is 2.52. The Bertz CT molecular complexity index is 1990. The Morgan fingerprint density at radius 1 is 0.868 bits per heavy atom. The van der Waals surface area contributed by atoms with Crippen molar-refractivity contribution in [2.24, 2.45) is 11.8 Å². The van der Waals surface area contributed by atoms with Gasteiger partial charge in [-0.25, -0.2) is 17.8 Å². The minimum Gasteiger partial charge on any atom is -0.497 e. The number of anilines is 2. The summed E-state index contributed by atoms with van der Waals surface area (Å²) in [6, 6.07) is 14.5. The summed E-state index contributed by atoms with van der Waals surface area (Å²) < 4.78 is 86.2. The van der Waals surface area contributed by atoms with Gasteiger partial charge in [-0.3, -0.25) is 4.79 Å². The maximum atomic E-state index is 14.8. The molecule has 5 rings (SSSR count). The molecular weight excluding hydrogens is 711 g/mol. The molecule has 15 heteroatoms. The number of sulfonamides is 1. The van der Waals surface area contributed by atoms with E-state index in [-0.39, 0.29) is 47.1 Å². The van der Waals surface area contributed by atoms with Crippen LogP contribution in [-0.2, 0) is 27.9 Å². The number of halogens is 2. The summed E-state index contributed by atoms with van der Waals surface area (Å²) in [6.45, 7) is 4.21. The van der Waals surface area contributed by atoms with Gasteiger partial charge in [0.05, 0.1) is 41.2 Å². The lowest BCUT2D eigenvalue weighted by Crippen LogP contribution is -2.40. The van der Waals surface area contributed by atoms with E-state index in [0.29, 0.717) is 47.1 Å². The second-order valence-corrected chi connectivity index (χ2v) is 14.7. The van der Waals surface area contributed by atoms with E-state index in [4.69, 9.17) is 23.7 Å². The van der Waals surface area contributed by atoms with Gasteiger partial charge in [0.25, 0.3) is 10.0 Å². The second-order valence-electron chi connectivity index (χ2n) is 12.8. The van der Waals surface area contributed by atoms with Gasteiger partial charge < -0.3 is 33.9 Å². The molecule has 53 heavy (non-hydrogen) atoms. The second kappa shape index (κ2) is 16.7. The van der Waals surface area contributed by atoms with Crippen LogP contribution in [0.15, 0.2) is 71.9 Å². The van der Waals surface area contributed by atoms with E-state index < -0.39 is 33.6 Å². The summed E-state index contributed by atoms with van der Waals surface area (Å²) >= 11 is 0. The molecule has 0 aliphatic carbocycles. The predicted octanol–water partition coefficient (Wildman–Crippen LogP) is 6.28. The fraction of sp³-hybridized carbons (Fsp3) is 0.368. The van der Waals surface area contributed by atoms with Gasteiger partial charge in [0.1, 0.15) is 29.0 Å². The van der Waals surface area contributed by atoms with Crippen LogP contribution in [0.1, 0.15) is 31.4 Å². The summed E-state index contributed by atoms with van der Waals surface area (Å²) in [5.74, 6) is -0.844. The average Bonchev–Trinajstić information content (AvgIpc) is 3.62. The molecule has 2 heterocycles. The molecule has 0 spiro atoms. The van der Waals surface area contributed by atoms with Crippen LogP contribution in [0.5, 0.6) is 28.7 Å². The van der Waals surface area contributed by atoms with Crippen molar-refractivity contribution in [3.8, 4) is 28.7 Å². The minimum absolute atomic E-state index is 0.0513. The summed E-state index contributed by atoms with van der Waals surface area (Å²) in [4.78, 5) is 19.9. The lowest BCUT2D eigenvalue weighted by atomic mass is 9.93. The Balaban J connectivity index is 1.49. The number of benzene rings is 3. The van der Waals surface area contributed by atoms with Crippen molar-refractivity contribution in [1.82, 2.24) is 9.29 Å². The first-order chi connectivity index (χ1) is 25.3. The number of methoxy groups -OCH3 is 5. The first kappa shape index (κ1) is 39.1. The quantitative estimate of drug-likeness (QED) is 0.148. The zero-order valence-corrected chi connectivity index (χ0v) is 31.5. The van der Waals surface area contributed by atoms with E-state index in [2.05, 4.69) is 10.3 Å². The highest BCUT2D eigenvalue weighted by atomic mass is 32.2. The van der Waals surface area contributed by atoms with Gasteiger partial charge in [0.2, 0.25) is 11.7 Å². The van der Waals surface area contributed by atoms with E-state index in [1.165, 1.54) is 64.3 Å². The molecule has 0 radical (unpaired) electrons. The highest BCUT2D eigenvalue weighted by Crippen LogP contribution is 2.40. The van der Waals surface area contributed by atoms with Gasteiger partial charge in [-0.2, -0.15) is 8.70 Å². The van der Waals surface area contributed by atoms with Gasteiger partial charge >= 0.3 is 0 Å². The van der Waals surface area contributed by atoms with Crippen molar-refractivity contribution in [2.75, 3.05) is 52.3 Å². The van der Waals surface area contributed by atoms with Crippen molar-refractivity contribution in [3.63, 3.8) is 0 Å². The SMILES string of the molecule is COc1ccc(CN(Cc2ccc(OC)cc2OC)S(=O)(=O)c2cc(NC(=O)C3CC(C(C)C)CN3c3ccc(F)c(F)c3OC)ccn2)c(OC)c1. The molecular formula is C38H44F2N4O8S. The number of rotatable bonds is 15. The smallest absolute Gasteiger partial charge is 0.261 e. The highest BCUT2D eigenvalue weighted by Gasteiger charge is 2.40. The molecule has 12 nitrogen and oxygen atoms in total. The lowest BCUT2D eigenvalue weighted by molar-refractivity contribution is -0.117. The molecule has 1 aliphatic heterocycles. The van der Waals surface area contributed by atoms with Crippen LogP contribution in [0.2, 0.25) is 0 Å². The minimum atomic E-state index is -4.35. The largest absolute Gasteiger partial charge is 0.497 e. The van der Waals surface area contributed by atoms with Crippen LogP contribution in [0.4, 0.5) is 20.2 Å². The monoisotopic (exact) mass is 754 g/mol. The van der Waals surface area contributed by atoms with Crippen molar-refractivity contribution in [1.29, 1.82) is 0 Å². The topological polar surface area (TPSA) is 129 Å². The first-order valence-corrected chi connectivity index (χ1v) is 18.3. The Kier molecular flexibility index (Phi) is 12.3. The van der Waals surface area contributed by atoms with Gasteiger partial charge in [-0.15, -0.1) is 0 Å². The standard InChI is InChI=1S/C38H44F2N4O8S/c1-23(2)26-16-32(44(22-26)31-13-12-30(39)36(40)37(31)52-7)38(45)42-27-14-15-41-35(17-27)53(46,47)43(20-24-8-10-28(48-3)18-33(24)50-5)21-25-9-11-29(49-4)19-34(25)51-6/h8-15,17-19,23,26,32H,16,20-22H2,1-7H3,(H,41,42,45). The maximum absolute atomic E-state index is 14.8. The predicted molar refractivity (Wildman–Crippen MR) is 195 cm³/mol. The fourth-order valence-electron chi connectivity index (χ4n) is 6.37. The zero-order chi connectivity index (χ0) is 38.4. The van der Waals surface area contributed by atoms with Crippen LogP contribution in [-0.4, -0.2) is 71.7 Å². The van der Waals surface area contributed by atoms with Gasteiger partial charge in [-0.1, -0.05) is 26.0 Å². The van der Waals surface area contributed by atoms with E-state index in [1.54, 1.807) is 41.3 Å². The molecule has 1 saturated heterocycles. The Hall–Kier alpha value is -5.15. The zero-order valence-electron chi connectivity index (χ0n) is 30.7. The number of nitrogens with one attached hydrogen (secondary N) is 1. The molecule has 284 valence electrons. The number of hydrogen-bond donors (Lipinski definition) is 1. The van der Waals surface area contributed by atoms with Crippen LogP contribution >= 0.6 is 0 Å². The summed E-state index contributed by atoms with van der Waals surface area (Å²) in [7, 11) is 2.89. The molecule has 1 fully saturated rings. The van der Waals surface area contributed by atoms with E-state index >= 15 is 0 Å². The fourth-order valence-corrected chi connectivity index (χ4v) is 7.72. The number of hydrogen-bond acceptors (Lipinski definition) is 10. The molecule has 1 aromatic heterocycles. The van der Waals surface area contributed by atoms with E-state index in [9.17, 15) is 22.0 Å². The molecule has 1 N–H and O–H groups in total. The molecule has 1 aliphatic rings. The molecule has 2 unspecified atom stereocenters. The normalized spacial score (nSPS) is 15.8. The van der Waals surface area contributed by atoms with Crippen molar-refractivity contribution < 1.29 is 45.7 Å². The van der Waals surface area contributed by atoms with Crippen LogP contribution in [0.25, 0.3) is 0 Å². The van der Waals surface area contributed by atoms with Gasteiger partial charge in [0.15, 0.2) is 16.6 Å². The molecule has 4 aromatic rings. The third-order valence-electron chi connectivity index (χ3n) is 9.41. The van der Waals surface area contributed by atoms with Crippen LogP contribution < -0.4 is 33.9 Å². The Morgan fingerprint density at radius 2 is 1.47 bits per heavy atom. The van der Waals surface area contributed by atoms with Crippen molar-refractivity contribution in [3.05, 3.63) is 89.6 Å².